The van der Waals surface area contributed by atoms with Gasteiger partial charge in [-0.3, -0.25) is 18.8 Å². The minimum absolute atomic E-state index is 0.0471. The standard InChI is InChI=1S/C21H20N4O3S/c1-4-24-13(9-10-22-24)11-16-19(27)25-18-14-7-5-6-8-15(14)28-21(3,17(18)12(2)26)23-20(25)29-16/h5-11,17-18H,4H2,1-3H3/b16-11-/t17-,18+,21+/m1/s1. The van der Waals surface area contributed by atoms with E-state index >= 15 is 0 Å². The summed E-state index contributed by atoms with van der Waals surface area (Å²) < 4.78 is 10.3. The second-order valence-corrected chi connectivity index (χ2v) is 8.49. The zero-order valence-corrected chi connectivity index (χ0v) is 17.1. The van der Waals surface area contributed by atoms with Crippen LogP contribution in [-0.4, -0.2) is 25.9 Å². The summed E-state index contributed by atoms with van der Waals surface area (Å²) in [7, 11) is 0. The maximum atomic E-state index is 13.4. The third-order valence-electron chi connectivity index (χ3n) is 5.65. The Morgan fingerprint density at radius 3 is 2.90 bits per heavy atom. The number of ether oxygens (including phenoxy) is 1. The highest BCUT2D eigenvalue weighted by molar-refractivity contribution is 7.07. The summed E-state index contributed by atoms with van der Waals surface area (Å²) >= 11 is 1.32. The Hall–Kier alpha value is -3.00. The lowest BCUT2D eigenvalue weighted by atomic mass is 9.79. The molecule has 0 radical (unpaired) electrons. The highest BCUT2D eigenvalue weighted by Gasteiger charge is 2.53. The Bertz CT molecular complexity index is 1320. The van der Waals surface area contributed by atoms with Gasteiger partial charge in [-0.15, -0.1) is 0 Å². The van der Waals surface area contributed by atoms with E-state index in [1.54, 1.807) is 10.8 Å². The monoisotopic (exact) mass is 408 g/mol. The molecule has 5 rings (SSSR count). The van der Waals surface area contributed by atoms with Crippen LogP contribution in [0, 0.1) is 5.92 Å². The summed E-state index contributed by atoms with van der Waals surface area (Å²) in [6.07, 6.45) is 3.56. The van der Waals surface area contributed by atoms with Gasteiger partial charge in [-0.05, 0) is 39.0 Å². The summed E-state index contributed by atoms with van der Waals surface area (Å²) in [6.45, 7) is 6.08. The largest absolute Gasteiger partial charge is 0.465 e. The summed E-state index contributed by atoms with van der Waals surface area (Å²) in [5, 5.41) is 4.26. The lowest BCUT2D eigenvalue weighted by Crippen LogP contribution is -2.58. The van der Waals surface area contributed by atoms with E-state index in [0.29, 0.717) is 21.6 Å². The molecule has 0 N–H and O–H groups in total. The Morgan fingerprint density at radius 1 is 1.34 bits per heavy atom. The maximum absolute atomic E-state index is 13.4. The number of aromatic nitrogens is 3. The van der Waals surface area contributed by atoms with Crippen molar-refractivity contribution in [2.75, 3.05) is 0 Å². The second-order valence-electron chi connectivity index (χ2n) is 7.48. The van der Waals surface area contributed by atoms with E-state index in [-0.39, 0.29) is 11.3 Å². The van der Waals surface area contributed by atoms with Crippen LogP contribution in [0.2, 0.25) is 0 Å². The first-order valence-corrected chi connectivity index (χ1v) is 10.4. The van der Waals surface area contributed by atoms with Gasteiger partial charge in [0.1, 0.15) is 17.5 Å². The number of fused-ring (bicyclic) bond motifs is 6. The fourth-order valence-electron chi connectivity index (χ4n) is 4.42. The Labute approximate surface area is 170 Å². The van der Waals surface area contributed by atoms with Crippen molar-refractivity contribution in [1.29, 1.82) is 0 Å². The van der Waals surface area contributed by atoms with Crippen LogP contribution in [0.3, 0.4) is 0 Å². The van der Waals surface area contributed by atoms with Gasteiger partial charge in [0.05, 0.1) is 16.3 Å². The number of carbonyl (C=O) groups excluding carboxylic acids is 1. The van der Waals surface area contributed by atoms with Gasteiger partial charge < -0.3 is 4.74 Å². The minimum Gasteiger partial charge on any atom is -0.465 e. The van der Waals surface area contributed by atoms with Crippen LogP contribution in [0.15, 0.2) is 46.3 Å². The van der Waals surface area contributed by atoms with Crippen LogP contribution in [0.25, 0.3) is 6.08 Å². The van der Waals surface area contributed by atoms with Gasteiger partial charge in [0.25, 0.3) is 5.56 Å². The number of ketones is 1. The fourth-order valence-corrected chi connectivity index (χ4v) is 5.50. The molecule has 4 heterocycles. The van der Waals surface area contributed by atoms with E-state index in [4.69, 9.17) is 9.73 Å². The van der Waals surface area contributed by atoms with Crippen molar-refractivity contribution >= 4 is 23.2 Å². The van der Waals surface area contributed by atoms with Crippen molar-refractivity contribution in [2.24, 2.45) is 10.9 Å². The van der Waals surface area contributed by atoms with Crippen LogP contribution in [0.5, 0.6) is 5.75 Å². The molecule has 3 atom stereocenters. The lowest BCUT2D eigenvalue weighted by Gasteiger charge is -2.45. The Kier molecular flexibility index (Phi) is 3.89. The minimum atomic E-state index is -1.04. The highest BCUT2D eigenvalue weighted by Crippen LogP contribution is 2.47. The topological polar surface area (TPSA) is 78.5 Å². The molecule has 2 aliphatic heterocycles. The zero-order valence-electron chi connectivity index (χ0n) is 16.3. The molecule has 0 saturated heterocycles. The number of nitrogens with zero attached hydrogens (tertiary/aromatic N) is 4. The molecule has 0 spiro atoms. The summed E-state index contributed by atoms with van der Waals surface area (Å²) in [4.78, 5) is 31.4. The molecule has 3 aromatic rings. The van der Waals surface area contributed by atoms with Crippen molar-refractivity contribution in [3.05, 3.63) is 67.5 Å². The highest BCUT2D eigenvalue weighted by atomic mass is 32.1. The van der Waals surface area contributed by atoms with E-state index in [0.717, 1.165) is 11.3 Å². The van der Waals surface area contributed by atoms with Gasteiger partial charge in [-0.1, -0.05) is 29.5 Å². The van der Waals surface area contributed by atoms with E-state index in [1.165, 1.54) is 18.3 Å². The molecule has 0 fully saturated rings. The van der Waals surface area contributed by atoms with Gasteiger partial charge in [0, 0.05) is 18.3 Å². The van der Waals surface area contributed by atoms with Crippen molar-refractivity contribution in [2.45, 2.75) is 39.1 Å². The SMILES string of the molecule is CCn1nccc1/C=c1\sc2n(c1=O)[C@H]1c3ccccc3O[C@](C)(N=2)[C@@H]1C(C)=O. The van der Waals surface area contributed by atoms with E-state index in [9.17, 15) is 9.59 Å². The first-order chi connectivity index (χ1) is 13.9. The van der Waals surface area contributed by atoms with Crippen LogP contribution < -0.4 is 19.6 Å². The molecule has 8 heteroatoms. The number of para-hydroxylation sites is 1. The molecule has 0 amide bonds. The molecule has 1 aromatic carbocycles. The van der Waals surface area contributed by atoms with Gasteiger partial charge >= 0.3 is 0 Å². The first-order valence-electron chi connectivity index (χ1n) is 9.56. The molecule has 29 heavy (non-hydrogen) atoms. The fraction of sp³-hybridized carbons (Fsp3) is 0.333. The lowest BCUT2D eigenvalue weighted by molar-refractivity contribution is -0.132. The molecule has 2 aromatic heterocycles. The molecule has 7 nitrogen and oxygen atoms in total. The van der Waals surface area contributed by atoms with Crippen LogP contribution in [0.4, 0.5) is 0 Å². The smallest absolute Gasteiger partial charge is 0.270 e. The number of carbonyl (C=O) groups is 1. The van der Waals surface area contributed by atoms with Crippen LogP contribution in [-0.2, 0) is 11.3 Å². The molecule has 0 unspecified atom stereocenters. The quantitative estimate of drug-likeness (QED) is 0.658. The number of thiazole rings is 1. The summed E-state index contributed by atoms with van der Waals surface area (Å²) in [5.74, 6) is 0.0555. The second kappa shape index (κ2) is 6.25. The third kappa shape index (κ3) is 2.55. The predicted molar refractivity (Wildman–Crippen MR) is 109 cm³/mol. The summed E-state index contributed by atoms with van der Waals surface area (Å²) in [5.41, 5.74) is 0.515. The van der Waals surface area contributed by atoms with Crippen molar-refractivity contribution in [1.82, 2.24) is 14.3 Å². The zero-order chi connectivity index (χ0) is 20.3. The molecule has 0 aliphatic carbocycles. The molecule has 2 aliphatic rings. The van der Waals surface area contributed by atoms with E-state index in [1.807, 2.05) is 54.9 Å². The molecular weight excluding hydrogens is 388 g/mol. The molecule has 148 valence electrons. The van der Waals surface area contributed by atoms with E-state index in [2.05, 4.69) is 5.10 Å². The predicted octanol–water partition coefficient (Wildman–Crippen LogP) is 1.49. The first kappa shape index (κ1) is 18.1. The third-order valence-corrected chi connectivity index (χ3v) is 6.63. The maximum Gasteiger partial charge on any atom is 0.270 e. The summed E-state index contributed by atoms with van der Waals surface area (Å²) in [6, 6.07) is 9.01. The number of rotatable bonds is 3. The van der Waals surface area contributed by atoms with Gasteiger partial charge in [-0.2, -0.15) is 5.10 Å². The molecular formula is C21H20N4O3S. The number of hydrogen-bond donors (Lipinski definition) is 0. The van der Waals surface area contributed by atoms with Gasteiger partial charge in [0.2, 0.25) is 5.72 Å². The Balaban J connectivity index is 1.81. The number of hydrogen-bond acceptors (Lipinski definition) is 6. The van der Waals surface area contributed by atoms with Crippen molar-refractivity contribution in [3.63, 3.8) is 0 Å². The van der Waals surface area contributed by atoms with Crippen molar-refractivity contribution < 1.29 is 9.53 Å². The normalized spacial score (nSPS) is 25.0. The molecule has 2 bridgehead atoms. The van der Waals surface area contributed by atoms with Crippen LogP contribution >= 0.6 is 11.3 Å². The number of benzene rings is 1. The molecule has 0 saturated carbocycles. The van der Waals surface area contributed by atoms with Crippen LogP contribution in [0.1, 0.15) is 38.1 Å². The average molecular weight is 408 g/mol. The van der Waals surface area contributed by atoms with Gasteiger partial charge in [0.15, 0.2) is 4.80 Å². The number of Topliss-reactive ketones (excluding diaryl/α,β-unsaturated/α-hetero) is 1. The average Bonchev–Trinajstić information content (AvgIpc) is 3.24. The number of aryl methyl sites for hydroxylation is 1. The van der Waals surface area contributed by atoms with E-state index < -0.39 is 17.7 Å². The van der Waals surface area contributed by atoms with Gasteiger partial charge in [-0.25, -0.2) is 4.99 Å². The van der Waals surface area contributed by atoms with Crippen molar-refractivity contribution in [3.8, 4) is 5.75 Å². The Morgan fingerprint density at radius 2 is 2.14 bits per heavy atom.